The van der Waals surface area contributed by atoms with Crippen molar-refractivity contribution in [3.05, 3.63) is 35.4 Å². The molecule has 1 heterocycles. The number of carbonyl (C=O) groups excluding carboxylic acids is 2. The van der Waals surface area contributed by atoms with Crippen LogP contribution in [0.5, 0.6) is 0 Å². The Labute approximate surface area is 152 Å². The molecule has 0 aromatic heterocycles. The summed E-state index contributed by atoms with van der Waals surface area (Å²) in [5.74, 6) is -1.81. The molecule has 1 aliphatic rings. The Kier molecular flexibility index (Phi) is 6.94. The summed E-state index contributed by atoms with van der Waals surface area (Å²) in [7, 11) is 0. The van der Waals surface area contributed by atoms with E-state index in [-0.39, 0.29) is 31.2 Å². The number of hydrogen-bond acceptors (Lipinski definition) is 3. The first kappa shape index (κ1) is 20.1. The first-order valence-electron chi connectivity index (χ1n) is 9.06. The van der Waals surface area contributed by atoms with Crippen molar-refractivity contribution >= 4 is 12.0 Å². The maximum absolute atomic E-state index is 14.2. The van der Waals surface area contributed by atoms with Gasteiger partial charge in [0.1, 0.15) is 11.6 Å². The van der Waals surface area contributed by atoms with Crippen LogP contribution in [0.4, 0.5) is 13.6 Å². The van der Waals surface area contributed by atoms with Gasteiger partial charge in [-0.05, 0) is 44.2 Å². The molecule has 1 unspecified atom stereocenters. The van der Waals surface area contributed by atoms with Gasteiger partial charge in [0.15, 0.2) is 0 Å². The average molecular weight is 368 g/mol. The Hall–Kier alpha value is -2.18. The lowest BCUT2D eigenvalue weighted by Crippen LogP contribution is -2.54. The number of carbonyl (C=O) groups is 2. The number of halogens is 2. The minimum absolute atomic E-state index is 0.0650. The lowest BCUT2D eigenvalue weighted by Gasteiger charge is -2.41. The molecule has 0 spiro atoms. The van der Waals surface area contributed by atoms with Crippen LogP contribution in [-0.4, -0.2) is 43.1 Å². The molecule has 7 heteroatoms. The number of urea groups is 1. The van der Waals surface area contributed by atoms with Crippen LogP contribution in [0.3, 0.4) is 0 Å². The van der Waals surface area contributed by atoms with Gasteiger partial charge in [-0.15, -0.1) is 0 Å². The third-order valence-corrected chi connectivity index (χ3v) is 4.64. The van der Waals surface area contributed by atoms with Crippen molar-refractivity contribution in [3.8, 4) is 0 Å². The maximum Gasteiger partial charge on any atom is 0.317 e. The molecule has 0 bridgehead atoms. The molecule has 1 atom stereocenters. The Morgan fingerprint density at radius 2 is 2.08 bits per heavy atom. The van der Waals surface area contributed by atoms with Gasteiger partial charge in [-0.2, -0.15) is 0 Å². The zero-order valence-corrected chi connectivity index (χ0v) is 15.3. The second-order valence-corrected chi connectivity index (χ2v) is 6.67. The van der Waals surface area contributed by atoms with Gasteiger partial charge in [0.2, 0.25) is 0 Å². The van der Waals surface area contributed by atoms with Crippen molar-refractivity contribution in [2.24, 2.45) is 5.41 Å². The van der Waals surface area contributed by atoms with Crippen LogP contribution in [0.1, 0.15) is 38.7 Å². The van der Waals surface area contributed by atoms with Gasteiger partial charge >= 0.3 is 12.0 Å². The van der Waals surface area contributed by atoms with Gasteiger partial charge in [-0.1, -0.05) is 13.0 Å². The highest BCUT2D eigenvalue weighted by Crippen LogP contribution is 2.36. The molecule has 5 nitrogen and oxygen atoms in total. The first-order chi connectivity index (χ1) is 12.4. The summed E-state index contributed by atoms with van der Waals surface area (Å²) < 4.78 is 32.6. The van der Waals surface area contributed by atoms with Crippen molar-refractivity contribution in [2.75, 3.05) is 26.2 Å². The summed E-state index contributed by atoms with van der Waals surface area (Å²) in [5, 5.41) is 2.80. The third kappa shape index (κ3) is 4.71. The standard InChI is InChI=1S/C19H26F2N2O3/c1-3-9-22-18(25)23-10-5-8-19(13-23,17(24)26-4-2)12-14-6-7-15(20)11-16(14)21/h6-7,11H,3-5,8-10,12-13H2,1-2H3,(H,22,25). The topological polar surface area (TPSA) is 58.6 Å². The quantitative estimate of drug-likeness (QED) is 0.784. The largest absolute Gasteiger partial charge is 0.466 e. The van der Waals surface area contributed by atoms with E-state index in [0.717, 1.165) is 12.5 Å². The number of esters is 1. The highest BCUT2D eigenvalue weighted by molar-refractivity contribution is 5.80. The minimum atomic E-state index is -1.03. The smallest absolute Gasteiger partial charge is 0.317 e. The molecule has 0 saturated carbocycles. The Bertz CT molecular complexity index is 654. The molecule has 1 aromatic rings. The monoisotopic (exact) mass is 368 g/mol. The number of ether oxygens (including phenoxy) is 1. The van der Waals surface area contributed by atoms with Crippen LogP contribution >= 0.6 is 0 Å². The van der Waals surface area contributed by atoms with Crippen molar-refractivity contribution in [2.45, 2.75) is 39.5 Å². The van der Waals surface area contributed by atoms with E-state index in [1.165, 1.54) is 12.1 Å². The fraction of sp³-hybridized carbons (Fsp3) is 0.579. The van der Waals surface area contributed by atoms with Gasteiger partial charge < -0.3 is 15.0 Å². The predicted octanol–water partition coefficient (Wildman–Crippen LogP) is 3.27. The molecular formula is C19H26F2N2O3. The van der Waals surface area contributed by atoms with Crippen LogP contribution in [0.2, 0.25) is 0 Å². The molecule has 2 amide bonds. The van der Waals surface area contributed by atoms with Crippen molar-refractivity contribution in [1.29, 1.82) is 0 Å². The minimum Gasteiger partial charge on any atom is -0.466 e. The van der Waals surface area contributed by atoms with Gasteiger partial charge in [0.05, 0.1) is 12.0 Å². The molecule has 2 rings (SSSR count). The van der Waals surface area contributed by atoms with Crippen LogP contribution in [-0.2, 0) is 16.0 Å². The number of benzene rings is 1. The molecule has 0 aliphatic carbocycles. The lowest BCUT2D eigenvalue weighted by molar-refractivity contribution is -0.158. The van der Waals surface area contributed by atoms with Crippen molar-refractivity contribution < 1.29 is 23.1 Å². The first-order valence-corrected chi connectivity index (χ1v) is 9.06. The fourth-order valence-electron chi connectivity index (χ4n) is 3.35. The summed E-state index contributed by atoms with van der Waals surface area (Å²) in [5.41, 5.74) is -0.786. The Balaban J connectivity index is 2.26. The van der Waals surface area contributed by atoms with E-state index in [1.54, 1.807) is 11.8 Å². The Morgan fingerprint density at radius 3 is 2.73 bits per heavy atom. The molecule has 1 N–H and O–H groups in total. The Morgan fingerprint density at radius 1 is 1.31 bits per heavy atom. The number of rotatable bonds is 6. The number of piperidine rings is 1. The van der Waals surface area contributed by atoms with Gasteiger partial charge in [-0.25, -0.2) is 13.6 Å². The van der Waals surface area contributed by atoms with E-state index in [4.69, 9.17) is 4.74 Å². The number of hydrogen-bond donors (Lipinski definition) is 1. The van der Waals surface area contributed by atoms with Crippen LogP contribution in [0.15, 0.2) is 18.2 Å². The van der Waals surface area contributed by atoms with Crippen LogP contribution in [0.25, 0.3) is 0 Å². The highest BCUT2D eigenvalue weighted by atomic mass is 19.1. The van der Waals surface area contributed by atoms with Gasteiger partial charge in [-0.3, -0.25) is 4.79 Å². The van der Waals surface area contributed by atoms with E-state index in [0.29, 0.717) is 25.9 Å². The second kappa shape index (κ2) is 8.96. The third-order valence-electron chi connectivity index (χ3n) is 4.64. The average Bonchev–Trinajstić information content (AvgIpc) is 2.62. The molecular weight excluding hydrogens is 342 g/mol. The summed E-state index contributed by atoms with van der Waals surface area (Å²) in [6.07, 6.45) is 1.97. The number of amides is 2. The second-order valence-electron chi connectivity index (χ2n) is 6.67. The normalized spacial score (nSPS) is 19.9. The highest BCUT2D eigenvalue weighted by Gasteiger charge is 2.45. The van der Waals surface area contributed by atoms with Crippen molar-refractivity contribution in [3.63, 3.8) is 0 Å². The molecule has 26 heavy (non-hydrogen) atoms. The van der Waals surface area contributed by atoms with E-state index in [2.05, 4.69) is 5.32 Å². The summed E-state index contributed by atoms with van der Waals surface area (Å²) in [6.45, 7) is 5.10. The van der Waals surface area contributed by atoms with E-state index in [1.807, 2.05) is 6.92 Å². The molecule has 1 aromatic carbocycles. The van der Waals surface area contributed by atoms with Crippen molar-refractivity contribution in [1.82, 2.24) is 10.2 Å². The number of nitrogens with one attached hydrogen (secondary N) is 1. The van der Waals surface area contributed by atoms with Crippen LogP contribution in [0, 0.1) is 17.0 Å². The maximum atomic E-state index is 14.2. The molecule has 1 fully saturated rings. The fourth-order valence-corrected chi connectivity index (χ4v) is 3.35. The molecule has 0 radical (unpaired) electrons. The zero-order chi connectivity index (χ0) is 19.2. The zero-order valence-electron chi connectivity index (χ0n) is 15.3. The summed E-state index contributed by atoms with van der Waals surface area (Å²) in [6, 6.07) is 3.09. The summed E-state index contributed by atoms with van der Waals surface area (Å²) >= 11 is 0. The molecule has 144 valence electrons. The number of likely N-dealkylation sites (tertiary alicyclic amines) is 1. The van der Waals surface area contributed by atoms with E-state index in [9.17, 15) is 18.4 Å². The predicted molar refractivity (Wildman–Crippen MR) is 93.6 cm³/mol. The van der Waals surface area contributed by atoms with E-state index < -0.39 is 23.0 Å². The lowest BCUT2D eigenvalue weighted by atomic mass is 9.75. The molecule has 1 saturated heterocycles. The van der Waals surface area contributed by atoms with E-state index >= 15 is 0 Å². The van der Waals surface area contributed by atoms with Gasteiger partial charge in [0, 0.05) is 25.7 Å². The molecule has 1 aliphatic heterocycles. The van der Waals surface area contributed by atoms with Crippen LogP contribution < -0.4 is 5.32 Å². The SMILES string of the molecule is CCCNC(=O)N1CCCC(Cc2ccc(F)cc2F)(C(=O)OCC)C1. The summed E-state index contributed by atoms with van der Waals surface area (Å²) in [4.78, 5) is 26.6. The number of nitrogens with zero attached hydrogens (tertiary/aromatic N) is 1. The van der Waals surface area contributed by atoms with Gasteiger partial charge in [0.25, 0.3) is 0 Å².